The van der Waals surface area contributed by atoms with E-state index in [4.69, 9.17) is 21.5 Å². The molecule has 0 radical (unpaired) electrons. The molecule has 2 aromatic rings. The SMILES string of the molecule is COc1ccc([C@@H](CC(=O)NNC(=O)c2ccc(Cl)c(S(N)(=O)=O)c2)NC(C)=O)cc1. The molecule has 3 amide bonds. The van der Waals surface area contributed by atoms with Crippen molar-refractivity contribution in [3.63, 3.8) is 0 Å². The number of methoxy groups -OCH3 is 1. The molecule has 10 nitrogen and oxygen atoms in total. The molecule has 0 heterocycles. The van der Waals surface area contributed by atoms with E-state index in [0.717, 1.165) is 6.07 Å². The fourth-order valence-electron chi connectivity index (χ4n) is 2.63. The van der Waals surface area contributed by atoms with Gasteiger partial charge in [-0.3, -0.25) is 25.2 Å². The molecule has 12 heteroatoms. The number of nitrogens with one attached hydrogen (secondary N) is 3. The Morgan fingerprint density at radius 2 is 1.74 bits per heavy atom. The first-order valence-electron chi connectivity index (χ1n) is 8.84. The van der Waals surface area contributed by atoms with Gasteiger partial charge >= 0.3 is 0 Å². The number of nitrogens with two attached hydrogens (primary N) is 1. The Kier molecular flexibility index (Phi) is 7.97. The van der Waals surface area contributed by atoms with Gasteiger partial charge in [-0.15, -0.1) is 0 Å². The highest BCUT2D eigenvalue weighted by Crippen LogP contribution is 2.22. The number of halogens is 1. The zero-order valence-corrected chi connectivity index (χ0v) is 18.2. The number of hydrogen-bond acceptors (Lipinski definition) is 6. The van der Waals surface area contributed by atoms with Gasteiger partial charge in [0.15, 0.2) is 0 Å². The Morgan fingerprint density at radius 1 is 1.10 bits per heavy atom. The van der Waals surface area contributed by atoms with Crippen LogP contribution in [0.4, 0.5) is 0 Å². The van der Waals surface area contributed by atoms with Crippen molar-refractivity contribution in [3.8, 4) is 5.75 Å². The second-order valence-electron chi connectivity index (χ2n) is 6.42. The van der Waals surface area contributed by atoms with Gasteiger partial charge in [-0.2, -0.15) is 0 Å². The van der Waals surface area contributed by atoms with Gasteiger partial charge in [0.2, 0.25) is 21.8 Å². The number of ether oxygens (including phenoxy) is 1. The molecule has 0 aliphatic carbocycles. The zero-order chi connectivity index (χ0) is 23.2. The van der Waals surface area contributed by atoms with Crippen molar-refractivity contribution >= 4 is 39.3 Å². The predicted molar refractivity (Wildman–Crippen MR) is 113 cm³/mol. The van der Waals surface area contributed by atoms with Crippen molar-refractivity contribution in [2.45, 2.75) is 24.3 Å². The fraction of sp³-hybridized carbons (Fsp3) is 0.211. The van der Waals surface area contributed by atoms with Crippen molar-refractivity contribution in [2.75, 3.05) is 7.11 Å². The molecule has 0 aromatic heterocycles. The molecular formula is C19H21ClN4O6S. The fourth-order valence-corrected chi connectivity index (χ4v) is 3.70. The van der Waals surface area contributed by atoms with Crippen LogP contribution < -0.4 is 26.0 Å². The van der Waals surface area contributed by atoms with Crippen LogP contribution in [-0.2, 0) is 19.6 Å². The van der Waals surface area contributed by atoms with E-state index in [-0.39, 0.29) is 22.9 Å². The zero-order valence-electron chi connectivity index (χ0n) is 16.6. The number of sulfonamides is 1. The van der Waals surface area contributed by atoms with E-state index in [1.807, 2.05) is 0 Å². The van der Waals surface area contributed by atoms with Gasteiger partial charge in [0.1, 0.15) is 10.6 Å². The first-order valence-corrected chi connectivity index (χ1v) is 10.8. The van der Waals surface area contributed by atoms with Crippen LogP contribution in [0.3, 0.4) is 0 Å². The van der Waals surface area contributed by atoms with Crippen LogP contribution in [0, 0.1) is 0 Å². The lowest BCUT2D eigenvalue weighted by molar-refractivity contribution is -0.123. The molecule has 2 aromatic carbocycles. The van der Waals surface area contributed by atoms with Crippen LogP contribution in [0.5, 0.6) is 5.75 Å². The van der Waals surface area contributed by atoms with Gasteiger partial charge in [0.05, 0.1) is 24.6 Å². The number of primary sulfonamides is 1. The van der Waals surface area contributed by atoms with Gasteiger partial charge in [-0.1, -0.05) is 23.7 Å². The van der Waals surface area contributed by atoms with Crippen molar-refractivity contribution in [1.29, 1.82) is 0 Å². The van der Waals surface area contributed by atoms with E-state index in [2.05, 4.69) is 16.2 Å². The Labute approximate surface area is 184 Å². The lowest BCUT2D eigenvalue weighted by Gasteiger charge is -2.18. The first-order chi connectivity index (χ1) is 14.5. The summed E-state index contributed by atoms with van der Waals surface area (Å²) in [6.07, 6.45) is -0.171. The summed E-state index contributed by atoms with van der Waals surface area (Å²) in [6.45, 7) is 1.32. The molecule has 2 rings (SSSR count). The molecule has 0 aliphatic heterocycles. The van der Waals surface area contributed by atoms with Crippen LogP contribution >= 0.6 is 11.6 Å². The smallest absolute Gasteiger partial charge is 0.269 e. The van der Waals surface area contributed by atoms with Crippen LogP contribution in [0.1, 0.15) is 35.3 Å². The molecular weight excluding hydrogens is 448 g/mol. The Hall–Kier alpha value is -3.15. The van der Waals surface area contributed by atoms with Crippen molar-refractivity contribution < 1.29 is 27.5 Å². The average molecular weight is 469 g/mol. The van der Waals surface area contributed by atoms with Crippen molar-refractivity contribution in [3.05, 3.63) is 58.6 Å². The Balaban J connectivity index is 2.06. The largest absolute Gasteiger partial charge is 0.497 e. The second-order valence-corrected chi connectivity index (χ2v) is 8.36. The maximum atomic E-state index is 12.3. The summed E-state index contributed by atoms with van der Waals surface area (Å²) in [6, 6.07) is 9.61. The second kappa shape index (κ2) is 10.2. The molecule has 0 bridgehead atoms. The maximum absolute atomic E-state index is 12.3. The molecule has 0 aliphatic rings. The summed E-state index contributed by atoms with van der Waals surface area (Å²) in [4.78, 5) is 35.7. The highest BCUT2D eigenvalue weighted by atomic mass is 35.5. The summed E-state index contributed by atoms with van der Waals surface area (Å²) in [5.74, 6) is -1.10. The molecule has 0 saturated carbocycles. The third-order valence-corrected chi connectivity index (χ3v) is 5.49. The third kappa shape index (κ3) is 6.95. The highest BCUT2D eigenvalue weighted by Gasteiger charge is 2.19. The molecule has 166 valence electrons. The van der Waals surface area contributed by atoms with E-state index < -0.39 is 32.8 Å². The molecule has 5 N–H and O–H groups in total. The van der Waals surface area contributed by atoms with Gasteiger partial charge in [-0.25, -0.2) is 13.6 Å². The summed E-state index contributed by atoms with van der Waals surface area (Å²) in [5, 5.41) is 7.59. The molecule has 0 fully saturated rings. The number of hydrogen-bond donors (Lipinski definition) is 4. The number of carbonyl (C=O) groups is 3. The quantitative estimate of drug-likeness (QED) is 0.444. The molecule has 0 spiro atoms. The first kappa shape index (κ1) is 24.1. The Bertz CT molecular complexity index is 1090. The minimum Gasteiger partial charge on any atom is -0.497 e. The minimum absolute atomic E-state index is 0.0812. The average Bonchev–Trinajstić information content (AvgIpc) is 2.70. The van der Waals surface area contributed by atoms with Gasteiger partial charge < -0.3 is 10.1 Å². The van der Waals surface area contributed by atoms with Crippen LogP contribution in [0.2, 0.25) is 5.02 Å². The van der Waals surface area contributed by atoms with E-state index >= 15 is 0 Å². The minimum atomic E-state index is -4.13. The normalized spacial score (nSPS) is 11.9. The Morgan fingerprint density at radius 3 is 2.29 bits per heavy atom. The van der Waals surface area contributed by atoms with Gasteiger partial charge in [0, 0.05) is 12.5 Å². The number of benzene rings is 2. The maximum Gasteiger partial charge on any atom is 0.269 e. The molecule has 1 atom stereocenters. The summed E-state index contributed by atoms with van der Waals surface area (Å²) in [5.41, 5.74) is 4.98. The predicted octanol–water partition coefficient (Wildman–Crippen LogP) is 1.02. The monoisotopic (exact) mass is 468 g/mol. The van der Waals surface area contributed by atoms with Crippen LogP contribution in [-0.4, -0.2) is 33.2 Å². The topological polar surface area (TPSA) is 157 Å². The summed E-state index contributed by atoms with van der Waals surface area (Å²) in [7, 11) is -2.62. The van der Waals surface area contributed by atoms with Crippen molar-refractivity contribution in [1.82, 2.24) is 16.2 Å². The summed E-state index contributed by atoms with van der Waals surface area (Å²) < 4.78 is 28.1. The summed E-state index contributed by atoms with van der Waals surface area (Å²) >= 11 is 5.79. The van der Waals surface area contributed by atoms with Crippen LogP contribution in [0.25, 0.3) is 0 Å². The third-order valence-electron chi connectivity index (χ3n) is 4.10. The lowest BCUT2D eigenvalue weighted by Crippen LogP contribution is -2.43. The van der Waals surface area contributed by atoms with E-state index in [1.54, 1.807) is 24.3 Å². The number of hydrazine groups is 1. The number of carbonyl (C=O) groups excluding carboxylic acids is 3. The molecule has 0 saturated heterocycles. The van der Waals surface area contributed by atoms with E-state index in [9.17, 15) is 22.8 Å². The molecule has 0 unspecified atom stereocenters. The van der Waals surface area contributed by atoms with Crippen LogP contribution in [0.15, 0.2) is 47.4 Å². The highest BCUT2D eigenvalue weighted by molar-refractivity contribution is 7.89. The molecule has 31 heavy (non-hydrogen) atoms. The number of amides is 3. The van der Waals surface area contributed by atoms with E-state index in [0.29, 0.717) is 11.3 Å². The number of rotatable bonds is 7. The van der Waals surface area contributed by atoms with Crippen molar-refractivity contribution in [2.24, 2.45) is 5.14 Å². The van der Waals surface area contributed by atoms with Gasteiger partial charge in [-0.05, 0) is 35.9 Å². The van der Waals surface area contributed by atoms with E-state index in [1.165, 1.54) is 26.2 Å². The van der Waals surface area contributed by atoms with Gasteiger partial charge in [0.25, 0.3) is 5.91 Å². The standard InChI is InChI=1S/C19H21ClN4O6S/c1-11(25)22-16(12-3-6-14(30-2)7-4-12)10-18(26)23-24-19(27)13-5-8-15(20)17(9-13)31(21,28)29/h3-9,16H,10H2,1-2H3,(H,22,25)(H,23,26)(H,24,27)(H2,21,28,29)/t16-/m1/s1. The lowest BCUT2D eigenvalue weighted by atomic mass is 10.0.